The van der Waals surface area contributed by atoms with Gasteiger partial charge in [0.2, 0.25) is 0 Å². The van der Waals surface area contributed by atoms with Crippen LogP contribution in [0.3, 0.4) is 0 Å². The van der Waals surface area contributed by atoms with Crippen molar-refractivity contribution < 1.29 is 9.90 Å². The Balaban J connectivity index is 1.89. The molecule has 0 atom stereocenters. The minimum atomic E-state index is -1.01. The third-order valence-corrected chi connectivity index (χ3v) is 4.27. The van der Waals surface area contributed by atoms with E-state index in [1.165, 1.54) is 17.8 Å². The van der Waals surface area contributed by atoms with Gasteiger partial charge in [0, 0.05) is 18.8 Å². The molecular weight excluding hydrogens is 296 g/mol. The third-order valence-electron chi connectivity index (χ3n) is 3.26. The second-order valence-corrected chi connectivity index (χ2v) is 6.01. The maximum absolute atomic E-state index is 10.9. The molecule has 2 aromatic heterocycles. The molecule has 0 aliphatic heterocycles. The molecule has 2 aromatic rings. The summed E-state index contributed by atoms with van der Waals surface area (Å²) in [6, 6.07) is 4.00. The summed E-state index contributed by atoms with van der Waals surface area (Å²) in [5, 5.41) is 13.5. The van der Waals surface area contributed by atoms with Gasteiger partial charge in [-0.15, -0.1) is 0 Å². The predicted molar refractivity (Wildman–Crippen MR) is 79.7 cm³/mol. The van der Waals surface area contributed by atoms with Gasteiger partial charge in [-0.25, -0.2) is 9.78 Å². The molecule has 2 heterocycles. The lowest BCUT2D eigenvalue weighted by atomic mass is 10.2. The Morgan fingerprint density at radius 3 is 2.90 bits per heavy atom. The Morgan fingerprint density at radius 1 is 1.55 bits per heavy atom. The molecule has 3 rings (SSSR count). The molecule has 1 aliphatic carbocycles. The quantitative estimate of drug-likeness (QED) is 0.915. The van der Waals surface area contributed by atoms with Crippen LogP contribution in [0.1, 0.15) is 28.8 Å². The zero-order chi connectivity index (χ0) is 14.1. The summed E-state index contributed by atoms with van der Waals surface area (Å²) in [6.07, 6.45) is 3.62. The maximum Gasteiger partial charge on any atom is 0.337 e. The Kier molecular flexibility index (Phi) is 3.63. The summed E-state index contributed by atoms with van der Waals surface area (Å²) >= 11 is 7.88. The Hall–Kier alpha value is -1.59. The van der Waals surface area contributed by atoms with E-state index < -0.39 is 5.97 Å². The molecule has 0 bridgehead atoms. The molecule has 0 radical (unpaired) electrons. The molecule has 20 heavy (non-hydrogen) atoms. The molecule has 0 spiro atoms. The van der Waals surface area contributed by atoms with Crippen LogP contribution in [0.2, 0.25) is 5.02 Å². The number of hydrogen-bond donors (Lipinski definition) is 1. The van der Waals surface area contributed by atoms with Crippen LogP contribution in [0.25, 0.3) is 0 Å². The van der Waals surface area contributed by atoms with Gasteiger partial charge in [-0.1, -0.05) is 11.6 Å². The van der Waals surface area contributed by atoms with Crippen LogP contribution in [-0.4, -0.2) is 22.1 Å². The number of halogens is 1. The van der Waals surface area contributed by atoms with Crippen molar-refractivity contribution in [2.45, 2.75) is 25.4 Å². The highest BCUT2D eigenvalue weighted by atomic mass is 35.5. The summed E-state index contributed by atoms with van der Waals surface area (Å²) in [7, 11) is 0. The fraction of sp³-hybridized carbons (Fsp3) is 0.286. The second kappa shape index (κ2) is 5.42. The number of thiophene rings is 1. The zero-order valence-electron chi connectivity index (χ0n) is 10.6. The molecule has 0 saturated heterocycles. The van der Waals surface area contributed by atoms with E-state index in [0.717, 1.165) is 19.4 Å². The van der Waals surface area contributed by atoms with Gasteiger partial charge in [-0.3, -0.25) is 0 Å². The number of aromatic nitrogens is 1. The summed E-state index contributed by atoms with van der Waals surface area (Å²) in [5.41, 5.74) is 1.34. The van der Waals surface area contributed by atoms with Crippen molar-refractivity contribution in [3.8, 4) is 0 Å². The second-order valence-electron chi connectivity index (χ2n) is 4.83. The average molecular weight is 309 g/mol. The molecular formula is C14H13ClN2O2S. The van der Waals surface area contributed by atoms with E-state index in [9.17, 15) is 4.79 Å². The molecule has 0 aromatic carbocycles. The van der Waals surface area contributed by atoms with Gasteiger partial charge >= 0.3 is 5.97 Å². The van der Waals surface area contributed by atoms with Gasteiger partial charge in [-0.05, 0) is 41.3 Å². The molecule has 0 amide bonds. The van der Waals surface area contributed by atoms with E-state index in [0.29, 0.717) is 16.9 Å². The summed E-state index contributed by atoms with van der Waals surface area (Å²) in [5.74, 6) is -0.341. The molecule has 1 aliphatic rings. The molecule has 1 saturated carbocycles. The minimum Gasteiger partial charge on any atom is -0.478 e. The molecule has 4 nitrogen and oxygen atoms in total. The first-order valence-electron chi connectivity index (χ1n) is 6.31. The lowest BCUT2D eigenvalue weighted by molar-refractivity contribution is 0.0696. The van der Waals surface area contributed by atoms with Crippen molar-refractivity contribution in [2.75, 3.05) is 4.90 Å². The molecule has 104 valence electrons. The Bertz CT molecular complexity index is 626. The fourth-order valence-electron chi connectivity index (χ4n) is 2.10. The number of nitrogens with zero attached hydrogens (tertiary/aromatic N) is 2. The van der Waals surface area contributed by atoms with Crippen LogP contribution >= 0.6 is 22.9 Å². The number of carboxylic acid groups (broad SMARTS) is 1. The first-order valence-corrected chi connectivity index (χ1v) is 7.64. The van der Waals surface area contributed by atoms with Crippen LogP contribution in [-0.2, 0) is 6.54 Å². The highest BCUT2D eigenvalue weighted by Gasteiger charge is 2.31. The largest absolute Gasteiger partial charge is 0.478 e. The smallest absolute Gasteiger partial charge is 0.337 e. The molecule has 1 fully saturated rings. The monoisotopic (exact) mass is 308 g/mol. The Labute approximate surface area is 125 Å². The maximum atomic E-state index is 10.9. The first kappa shape index (κ1) is 13.4. The van der Waals surface area contributed by atoms with Crippen LogP contribution in [0.4, 0.5) is 5.82 Å². The SMILES string of the molecule is O=C(O)c1cnc(N(Cc2ccsc2)C2CC2)c(Cl)c1. The number of aromatic carboxylic acids is 1. The van der Waals surface area contributed by atoms with E-state index in [-0.39, 0.29) is 5.56 Å². The van der Waals surface area contributed by atoms with E-state index in [4.69, 9.17) is 16.7 Å². The van der Waals surface area contributed by atoms with Gasteiger partial charge in [-0.2, -0.15) is 11.3 Å². The normalized spacial score (nSPS) is 14.2. The van der Waals surface area contributed by atoms with Crippen LogP contribution in [0.5, 0.6) is 0 Å². The van der Waals surface area contributed by atoms with Gasteiger partial charge in [0.15, 0.2) is 0 Å². The highest BCUT2D eigenvalue weighted by Crippen LogP contribution is 2.36. The average Bonchev–Trinajstić information content (AvgIpc) is 3.14. The van der Waals surface area contributed by atoms with Crippen LogP contribution in [0, 0.1) is 0 Å². The number of carbonyl (C=O) groups is 1. The van der Waals surface area contributed by atoms with Gasteiger partial charge in [0.05, 0.1) is 10.6 Å². The number of carboxylic acids is 1. The first-order chi connectivity index (χ1) is 9.65. The minimum absolute atomic E-state index is 0.116. The van der Waals surface area contributed by atoms with Crippen LogP contribution in [0.15, 0.2) is 29.1 Å². The van der Waals surface area contributed by atoms with Crippen molar-refractivity contribution in [3.63, 3.8) is 0 Å². The van der Waals surface area contributed by atoms with Crippen molar-refractivity contribution in [2.24, 2.45) is 0 Å². The van der Waals surface area contributed by atoms with Gasteiger partial charge in [0.25, 0.3) is 0 Å². The summed E-state index contributed by atoms with van der Waals surface area (Å²) < 4.78 is 0. The third kappa shape index (κ3) is 2.78. The molecule has 1 N–H and O–H groups in total. The topological polar surface area (TPSA) is 53.4 Å². The zero-order valence-corrected chi connectivity index (χ0v) is 12.2. The highest BCUT2D eigenvalue weighted by molar-refractivity contribution is 7.07. The van der Waals surface area contributed by atoms with E-state index >= 15 is 0 Å². The molecule has 6 heteroatoms. The Morgan fingerprint density at radius 2 is 2.35 bits per heavy atom. The summed E-state index contributed by atoms with van der Waals surface area (Å²) in [4.78, 5) is 17.3. The number of rotatable bonds is 5. The predicted octanol–water partition coefficient (Wildman–Crippen LogP) is 3.66. The van der Waals surface area contributed by atoms with E-state index in [2.05, 4.69) is 21.3 Å². The van der Waals surface area contributed by atoms with Crippen molar-refractivity contribution >= 4 is 34.7 Å². The van der Waals surface area contributed by atoms with Crippen LogP contribution < -0.4 is 4.90 Å². The molecule has 0 unspecified atom stereocenters. The lowest BCUT2D eigenvalue weighted by Crippen LogP contribution is -2.26. The fourth-order valence-corrected chi connectivity index (χ4v) is 3.04. The van der Waals surface area contributed by atoms with Gasteiger partial charge in [0.1, 0.15) is 5.82 Å². The standard InChI is InChI=1S/C14H13ClN2O2S/c15-12-5-10(14(18)19)6-16-13(12)17(11-1-2-11)7-9-3-4-20-8-9/h3-6,8,11H,1-2,7H2,(H,18,19). The number of anilines is 1. The van der Waals surface area contributed by atoms with E-state index in [1.807, 2.05) is 5.38 Å². The van der Waals surface area contributed by atoms with Crippen molar-refractivity contribution in [1.29, 1.82) is 0 Å². The van der Waals surface area contributed by atoms with Crippen molar-refractivity contribution in [1.82, 2.24) is 4.98 Å². The number of hydrogen-bond acceptors (Lipinski definition) is 4. The summed E-state index contributed by atoms with van der Waals surface area (Å²) in [6.45, 7) is 0.757. The lowest BCUT2D eigenvalue weighted by Gasteiger charge is -2.24. The van der Waals surface area contributed by atoms with Crippen molar-refractivity contribution in [3.05, 3.63) is 45.2 Å². The van der Waals surface area contributed by atoms with Gasteiger partial charge < -0.3 is 10.0 Å². The number of pyridine rings is 1. The van der Waals surface area contributed by atoms with E-state index in [1.54, 1.807) is 11.3 Å².